The number of nitrogens with one attached hydrogen (secondary N) is 1. The van der Waals surface area contributed by atoms with Crippen LogP contribution in [0.25, 0.3) is 5.65 Å². The zero-order valence-electron chi connectivity index (χ0n) is 16.0. The van der Waals surface area contributed by atoms with E-state index >= 15 is 0 Å². The molecule has 4 aromatic rings. The molecule has 0 aliphatic carbocycles. The first-order chi connectivity index (χ1) is 14.7. The molecule has 0 spiro atoms. The van der Waals surface area contributed by atoms with E-state index in [0.29, 0.717) is 34.2 Å². The number of anilines is 1. The van der Waals surface area contributed by atoms with Gasteiger partial charge >= 0.3 is 0 Å². The second-order valence-corrected chi connectivity index (χ2v) is 5.91. The number of nitrogens with zero attached hydrogens (tertiary/aromatic N) is 6. The van der Waals surface area contributed by atoms with E-state index < -0.39 is 0 Å². The number of methoxy groups -OCH3 is 2. The van der Waals surface area contributed by atoms with E-state index in [1.807, 2.05) is 0 Å². The lowest BCUT2D eigenvalue weighted by Crippen LogP contribution is -2.13. The van der Waals surface area contributed by atoms with Gasteiger partial charge in [0.2, 0.25) is 17.6 Å². The molecule has 0 atom stereocenters. The molecule has 0 unspecified atom stereocenters. The van der Waals surface area contributed by atoms with Gasteiger partial charge in [-0.3, -0.25) is 9.20 Å². The van der Waals surface area contributed by atoms with Crippen LogP contribution in [0.2, 0.25) is 0 Å². The maximum atomic E-state index is 12.6. The number of benzene rings is 1. The highest BCUT2D eigenvalue weighted by molar-refractivity contribution is 6.05. The van der Waals surface area contributed by atoms with Crippen molar-refractivity contribution >= 4 is 17.2 Å². The van der Waals surface area contributed by atoms with Gasteiger partial charge in [-0.05, 0) is 24.1 Å². The molecular weight excluding hydrogens is 386 g/mol. The largest absolute Gasteiger partial charge is 0.480 e. The molecule has 0 radical (unpaired) electrons. The molecule has 148 valence electrons. The first-order valence-electron chi connectivity index (χ1n) is 8.70. The van der Waals surface area contributed by atoms with Crippen molar-refractivity contribution in [2.24, 2.45) is 0 Å². The second kappa shape index (κ2) is 8.24. The van der Waals surface area contributed by atoms with Gasteiger partial charge in [0.25, 0.3) is 5.91 Å². The van der Waals surface area contributed by atoms with Gasteiger partial charge in [-0.15, -0.1) is 10.2 Å². The SMILES string of the molecule is COc1cn2c(C#Cc3cccc(C(=O)Nc4cncnc4OC)c3)nnc2cn1. The molecule has 30 heavy (non-hydrogen) atoms. The van der Waals surface area contributed by atoms with Crippen molar-refractivity contribution in [3.63, 3.8) is 0 Å². The number of aromatic nitrogens is 6. The molecule has 0 aliphatic heterocycles. The van der Waals surface area contributed by atoms with E-state index in [1.54, 1.807) is 41.1 Å². The number of carbonyl (C=O) groups excluding carboxylic acids is 1. The molecule has 10 heteroatoms. The van der Waals surface area contributed by atoms with Gasteiger partial charge in [0.1, 0.15) is 12.0 Å². The van der Waals surface area contributed by atoms with Crippen LogP contribution >= 0.6 is 0 Å². The lowest BCUT2D eigenvalue weighted by molar-refractivity contribution is 0.102. The Labute approximate surface area is 170 Å². The predicted molar refractivity (Wildman–Crippen MR) is 106 cm³/mol. The van der Waals surface area contributed by atoms with Crippen LogP contribution in [0.3, 0.4) is 0 Å². The smallest absolute Gasteiger partial charge is 0.255 e. The summed E-state index contributed by atoms with van der Waals surface area (Å²) in [5.74, 6) is 6.73. The maximum Gasteiger partial charge on any atom is 0.255 e. The summed E-state index contributed by atoms with van der Waals surface area (Å²) in [6.07, 6.45) is 6.00. The third kappa shape index (κ3) is 3.85. The Morgan fingerprint density at radius 2 is 2.00 bits per heavy atom. The molecule has 1 amide bonds. The first-order valence-corrected chi connectivity index (χ1v) is 8.70. The van der Waals surface area contributed by atoms with Gasteiger partial charge in [-0.1, -0.05) is 12.0 Å². The number of hydrogen-bond donors (Lipinski definition) is 1. The van der Waals surface area contributed by atoms with E-state index in [-0.39, 0.29) is 11.8 Å². The fraction of sp³-hybridized carbons (Fsp3) is 0.100. The van der Waals surface area contributed by atoms with Gasteiger partial charge < -0.3 is 14.8 Å². The van der Waals surface area contributed by atoms with Crippen LogP contribution in [0.15, 0.2) is 49.2 Å². The van der Waals surface area contributed by atoms with Crippen molar-refractivity contribution in [3.05, 3.63) is 66.1 Å². The van der Waals surface area contributed by atoms with E-state index in [1.165, 1.54) is 26.7 Å². The minimum Gasteiger partial charge on any atom is -0.480 e. The first kappa shape index (κ1) is 18.8. The minimum atomic E-state index is -0.338. The average Bonchev–Trinajstić information content (AvgIpc) is 3.20. The average molecular weight is 401 g/mol. The molecule has 0 saturated heterocycles. The molecular formula is C20H15N7O3. The zero-order valence-corrected chi connectivity index (χ0v) is 16.0. The van der Waals surface area contributed by atoms with Crippen LogP contribution in [0, 0.1) is 11.8 Å². The van der Waals surface area contributed by atoms with Gasteiger partial charge in [0.05, 0.1) is 32.8 Å². The molecule has 10 nitrogen and oxygen atoms in total. The molecule has 4 rings (SSSR count). The standard InChI is InChI=1S/C20H15N7O3/c1-29-18-11-27-16(25-26-17(27)10-22-18)7-6-13-4-3-5-14(8-13)19(28)24-15-9-21-12-23-20(15)30-2/h3-5,8-12H,1-2H3,(H,24,28). The van der Waals surface area contributed by atoms with Crippen LogP contribution in [-0.2, 0) is 0 Å². The highest BCUT2D eigenvalue weighted by atomic mass is 16.5. The molecule has 1 aromatic carbocycles. The fourth-order valence-corrected chi connectivity index (χ4v) is 2.60. The second-order valence-electron chi connectivity index (χ2n) is 5.91. The van der Waals surface area contributed by atoms with Crippen LogP contribution in [0.1, 0.15) is 21.7 Å². The molecule has 0 bridgehead atoms. The predicted octanol–water partition coefficient (Wildman–Crippen LogP) is 1.58. The van der Waals surface area contributed by atoms with Crippen LogP contribution < -0.4 is 14.8 Å². The fourth-order valence-electron chi connectivity index (χ4n) is 2.60. The summed E-state index contributed by atoms with van der Waals surface area (Å²) in [4.78, 5) is 24.5. The highest BCUT2D eigenvalue weighted by Gasteiger charge is 2.11. The monoisotopic (exact) mass is 401 g/mol. The molecule has 0 fully saturated rings. The van der Waals surface area contributed by atoms with Crippen LogP contribution in [0.4, 0.5) is 5.69 Å². The van der Waals surface area contributed by atoms with Gasteiger partial charge in [-0.25, -0.2) is 9.97 Å². The van der Waals surface area contributed by atoms with E-state index in [2.05, 4.69) is 42.3 Å². The Hall–Kier alpha value is -4.52. The number of rotatable bonds is 4. The van der Waals surface area contributed by atoms with Crippen molar-refractivity contribution in [2.45, 2.75) is 0 Å². The number of carbonyl (C=O) groups is 1. The Kier molecular flexibility index (Phi) is 5.17. The zero-order chi connectivity index (χ0) is 20.9. The van der Waals surface area contributed by atoms with Gasteiger partial charge in [0.15, 0.2) is 5.65 Å². The summed E-state index contributed by atoms with van der Waals surface area (Å²) in [6, 6.07) is 6.89. The van der Waals surface area contributed by atoms with E-state index in [4.69, 9.17) is 9.47 Å². The van der Waals surface area contributed by atoms with Crippen molar-refractivity contribution < 1.29 is 14.3 Å². The van der Waals surface area contributed by atoms with Crippen molar-refractivity contribution in [1.29, 1.82) is 0 Å². The van der Waals surface area contributed by atoms with E-state index in [0.717, 1.165) is 0 Å². The number of hydrogen-bond acceptors (Lipinski definition) is 8. The third-order valence-electron chi connectivity index (χ3n) is 4.04. The minimum absolute atomic E-state index is 0.276. The highest BCUT2D eigenvalue weighted by Crippen LogP contribution is 2.19. The summed E-state index contributed by atoms with van der Waals surface area (Å²) < 4.78 is 11.9. The number of fused-ring (bicyclic) bond motifs is 1. The van der Waals surface area contributed by atoms with Crippen LogP contribution in [-0.4, -0.2) is 49.7 Å². The molecule has 0 aliphatic rings. The quantitative estimate of drug-likeness (QED) is 0.513. The van der Waals surface area contributed by atoms with Gasteiger partial charge in [-0.2, -0.15) is 4.98 Å². The van der Waals surface area contributed by atoms with Gasteiger partial charge in [0, 0.05) is 11.1 Å². The van der Waals surface area contributed by atoms with Crippen molar-refractivity contribution in [3.8, 4) is 23.6 Å². The Morgan fingerprint density at radius 3 is 2.83 bits per heavy atom. The Balaban J connectivity index is 1.58. The normalized spacial score (nSPS) is 10.2. The Morgan fingerprint density at radius 1 is 1.10 bits per heavy atom. The lowest BCUT2D eigenvalue weighted by Gasteiger charge is -2.08. The van der Waals surface area contributed by atoms with E-state index in [9.17, 15) is 4.79 Å². The molecule has 1 N–H and O–H groups in total. The molecule has 3 aromatic heterocycles. The summed E-state index contributed by atoms with van der Waals surface area (Å²) in [6.45, 7) is 0. The van der Waals surface area contributed by atoms with Crippen molar-refractivity contribution in [1.82, 2.24) is 29.5 Å². The van der Waals surface area contributed by atoms with Crippen LogP contribution in [0.5, 0.6) is 11.8 Å². The third-order valence-corrected chi connectivity index (χ3v) is 4.04. The van der Waals surface area contributed by atoms with Crippen molar-refractivity contribution in [2.75, 3.05) is 19.5 Å². The molecule has 3 heterocycles. The summed E-state index contributed by atoms with van der Waals surface area (Å²) in [5.41, 5.74) is 1.98. The summed E-state index contributed by atoms with van der Waals surface area (Å²) >= 11 is 0. The maximum absolute atomic E-state index is 12.6. The Bertz CT molecular complexity index is 1290. The molecule has 0 saturated carbocycles. The summed E-state index contributed by atoms with van der Waals surface area (Å²) in [5, 5.41) is 10.8. The number of ether oxygens (including phenoxy) is 2. The topological polar surface area (TPSA) is 116 Å². The number of amides is 1. The summed E-state index contributed by atoms with van der Waals surface area (Å²) in [7, 11) is 2.99. The lowest BCUT2D eigenvalue weighted by atomic mass is 10.1.